The summed E-state index contributed by atoms with van der Waals surface area (Å²) in [5.74, 6) is 1.92. The molecule has 2 aromatic carbocycles. The van der Waals surface area contributed by atoms with Crippen LogP contribution < -0.4 is 9.47 Å². The van der Waals surface area contributed by atoms with Gasteiger partial charge in [-0.25, -0.2) is 4.98 Å². The van der Waals surface area contributed by atoms with Gasteiger partial charge in [0.15, 0.2) is 5.78 Å². The molecule has 3 rings (SSSR count). The SMILES string of the molecule is COc1ccc(-c2nc(COc3cccc(C(C)=O)c3)co2)cc1. The summed E-state index contributed by atoms with van der Waals surface area (Å²) in [6.45, 7) is 1.79. The minimum atomic E-state index is 0.00341. The summed E-state index contributed by atoms with van der Waals surface area (Å²) in [6, 6.07) is 14.5. The van der Waals surface area contributed by atoms with E-state index in [0.717, 1.165) is 11.3 Å². The second-order valence-electron chi connectivity index (χ2n) is 5.25. The van der Waals surface area contributed by atoms with Crippen molar-refractivity contribution >= 4 is 5.78 Å². The van der Waals surface area contributed by atoms with E-state index in [1.807, 2.05) is 24.3 Å². The van der Waals surface area contributed by atoms with E-state index >= 15 is 0 Å². The van der Waals surface area contributed by atoms with Crippen LogP contribution in [0.2, 0.25) is 0 Å². The molecule has 0 aliphatic carbocycles. The predicted molar refractivity (Wildman–Crippen MR) is 89.3 cm³/mol. The Morgan fingerprint density at radius 3 is 2.62 bits per heavy atom. The van der Waals surface area contributed by atoms with E-state index in [0.29, 0.717) is 22.9 Å². The van der Waals surface area contributed by atoms with Crippen LogP contribution in [-0.2, 0) is 6.61 Å². The highest BCUT2D eigenvalue weighted by Gasteiger charge is 2.08. The van der Waals surface area contributed by atoms with Crippen molar-refractivity contribution in [1.29, 1.82) is 0 Å². The van der Waals surface area contributed by atoms with Gasteiger partial charge in [0.2, 0.25) is 5.89 Å². The number of hydrogen-bond acceptors (Lipinski definition) is 5. The lowest BCUT2D eigenvalue weighted by Gasteiger charge is -2.04. The van der Waals surface area contributed by atoms with Crippen LogP contribution in [0.15, 0.2) is 59.2 Å². The topological polar surface area (TPSA) is 61.6 Å². The lowest BCUT2D eigenvalue weighted by molar-refractivity contribution is 0.101. The molecule has 0 saturated carbocycles. The van der Waals surface area contributed by atoms with Crippen molar-refractivity contribution in [3.05, 3.63) is 66.1 Å². The smallest absolute Gasteiger partial charge is 0.226 e. The second-order valence-corrected chi connectivity index (χ2v) is 5.25. The van der Waals surface area contributed by atoms with Gasteiger partial charge in [0.1, 0.15) is 30.1 Å². The van der Waals surface area contributed by atoms with Crippen molar-refractivity contribution in [2.45, 2.75) is 13.5 Å². The molecular formula is C19H17NO4. The summed E-state index contributed by atoms with van der Waals surface area (Å²) in [4.78, 5) is 15.8. The number of benzene rings is 2. The maximum absolute atomic E-state index is 11.4. The van der Waals surface area contributed by atoms with Gasteiger partial charge in [0.05, 0.1) is 7.11 Å². The van der Waals surface area contributed by atoms with E-state index in [1.54, 1.807) is 37.6 Å². The van der Waals surface area contributed by atoms with Gasteiger partial charge in [-0.05, 0) is 43.3 Å². The molecule has 24 heavy (non-hydrogen) atoms. The van der Waals surface area contributed by atoms with Gasteiger partial charge in [-0.15, -0.1) is 0 Å². The van der Waals surface area contributed by atoms with Gasteiger partial charge in [0, 0.05) is 11.1 Å². The third-order valence-corrected chi connectivity index (χ3v) is 3.52. The molecule has 1 aromatic heterocycles. The van der Waals surface area contributed by atoms with Gasteiger partial charge in [-0.1, -0.05) is 12.1 Å². The molecule has 0 aliphatic rings. The minimum absolute atomic E-state index is 0.00341. The molecule has 0 N–H and O–H groups in total. The highest BCUT2D eigenvalue weighted by atomic mass is 16.5. The van der Waals surface area contributed by atoms with Crippen molar-refractivity contribution in [3.63, 3.8) is 0 Å². The van der Waals surface area contributed by atoms with Crippen molar-refractivity contribution in [1.82, 2.24) is 4.98 Å². The molecule has 0 atom stereocenters. The van der Waals surface area contributed by atoms with Crippen LogP contribution in [0, 0.1) is 0 Å². The number of rotatable bonds is 6. The largest absolute Gasteiger partial charge is 0.497 e. The molecule has 0 spiro atoms. The molecule has 0 unspecified atom stereocenters. The number of carbonyl (C=O) groups is 1. The standard InChI is InChI=1S/C19H17NO4/c1-13(21)15-4-3-5-18(10-15)23-11-16-12-24-19(20-16)14-6-8-17(22-2)9-7-14/h3-10,12H,11H2,1-2H3. The average molecular weight is 323 g/mol. The molecule has 0 saturated heterocycles. The summed E-state index contributed by atoms with van der Waals surface area (Å²) in [6.07, 6.45) is 1.56. The molecule has 0 bridgehead atoms. The third-order valence-electron chi connectivity index (χ3n) is 3.52. The minimum Gasteiger partial charge on any atom is -0.497 e. The molecule has 3 aromatic rings. The fourth-order valence-corrected chi connectivity index (χ4v) is 2.20. The van der Waals surface area contributed by atoms with Crippen molar-refractivity contribution in [2.75, 3.05) is 7.11 Å². The Morgan fingerprint density at radius 2 is 1.92 bits per heavy atom. The zero-order chi connectivity index (χ0) is 16.9. The number of ether oxygens (including phenoxy) is 2. The van der Waals surface area contributed by atoms with Crippen LogP contribution in [0.3, 0.4) is 0 Å². The van der Waals surface area contributed by atoms with Crippen LogP contribution in [0.5, 0.6) is 11.5 Å². The quantitative estimate of drug-likeness (QED) is 0.638. The number of nitrogens with zero attached hydrogens (tertiary/aromatic N) is 1. The van der Waals surface area contributed by atoms with Crippen LogP contribution in [-0.4, -0.2) is 17.9 Å². The molecule has 0 radical (unpaired) electrons. The zero-order valence-corrected chi connectivity index (χ0v) is 13.5. The lowest BCUT2D eigenvalue weighted by atomic mass is 10.1. The molecule has 1 heterocycles. The second kappa shape index (κ2) is 7.00. The summed E-state index contributed by atoms with van der Waals surface area (Å²) < 4.78 is 16.3. The fraction of sp³-hybridized carbons (Fsp3) is 0.158. The van der Waals surface area contributed by atoms with Crippen LogP contribution in [0.25, 0.3) is 11.5 Å². The maximum atomic E-state index is 11.4. The number of hydrogen-bond donors (Lipinski definition) is 0. The summed E-state index contributed by atoms with van der Waals surface area (Å²) in [5, 5.41) is 0. The van der Waals surface area contributed by atoms with Gasteiger partial charge in [0.25, 0.3) is 0 Å². The number of methoxy groups -OCH3 is 1. The first kappa shape index (κ1) is 15.8. The molecule has 0 aliphatic heterocycles. The fourth-order valence-electron chi connectivity index (χ4n) is 2.20. The Labute approximate surface area is 139 Å². The van der Waals surface area contributed by atoms with Crippen LogP contribution in [0.4, 0.5) is 0 Å². The Balaban J connectivity index is 1.67. The monoisotopic (exact) mass is 323 g/mol. The highest BCUT2D eigenvalue weighted by Crippen LogP contribution is 2.22. The van der Waals surface area contributed by atoms with Crippen molar-refractivity contribution in [2.24, 2.45) is 0 Å². The summed E-state index contributed by atoms with van der Waals surface area (Å²) in [7, 11) is 1.62. The Hall–Kier alpha value is -3.08. The average Bonchev–Trinajstić information content (AvgIpc) is 3.09. The number of carbonyl (C=O) groups excluding carboxylic acids is 1. The van der Waals surface area contributed by atoms with E-state index in [1.165, 1.54) is 6.92 Å². The molecule has 5 nitrogen and oxygen atoms in total. The van der Waals surface area contributed by atoms with Crippen molar-refractivity contribution < 1.29 is 18.7 Å². The first-order chi connectivity index (χ1) is 11.7. The number of ketones is 1. The maximum Gasteiger partial charge on any atom is 0.226 e. The number of aromatic nitrogens is 1. The molecular weight excluding hydrogens is 306 g/mol. The first-order valence-electron chi connectivity index (χ1n) is 7.48. The lowest BCUT2D eigenvalue weighted by Crippen LogP contribution is -1.98. The van der Waals surface area contributed by atoms with E-state index < -0.39 is 0 Å². The van der Waals surface area contributed by atoms with Gasteiger partial charge in [-0.3, -0.25) is 4.79 Å². The van der Waals surface area contributed by atoms with Crippen LogP contribution >= 0.6 is 0 Å². The summed E-state index contributed by atoms with van der Waals surface area (Å²) in [5.41, 5.74) is 2.15. The van der Waals surface area contributed by atoms with E-state index in [9.17, 15) is 4.79 Å². The Bertz CT molecular complexity index is 837. The molecule has 0 fully saturated rings. The number of Topliss-reactive ketones (excluding diaryl/α,β-unsaturated/α-hetero) is 1. The number of oxazole rings is 1. The normalized spacial score (nSPS) is 10.4. The predicted octanol–water partition coefficient (Wildman–Crippen LogP) is 4.13. The van der Waals surface area contributed by atoms with E-state index in [4.69, 9.17) is 13.9 Å². The molecule has 122 valence electrons. The van der Waals surface area contributed by atoms with Gasteiger partial charge in [-0.2, -0.15) is 0 Å². The van der Waals surface area contributed by atoms with Gasteiger partial charge >= 0.3 is 0 Å². The zero-order valence-electron chi connectivity index (χ0n) is 13.5. The van der Waals surface area contributed by atoms with Gasteiger partial charge < -0.3 is 13.9 Å². The third kappa shape index (κ3) is 3.63. The highest BCUT2D eigenvalue weighted by molar-refractivity contribution is 5.94. The Morgan fingerprint density at radius 1 is 1.12 bits per heavy atom. The van der Waals surface area contributed by atoms with Crippen LogP contribution in [0.1, 0.15) is 23.0 Å². The van der Waals surface area contributed by atoms with E-state index in [2.05, 4.69) is 4.98 Å². The Kier molecular flexibility index (Phi) is 4.61. The van der Waals surface area contributed by atoms with Crippen molar-refractivity contribution in [3.8, 4) is 23.0 Å². The molecule has 5 heteroatoms. The first-order valence-corrected chi connectivity index (χ1v) is 7.48. The summed E-state index contributed by atoms with van der Waals surface area (Å²) >= 11 is 0. The molecule has 0 amide bonds. The van der Waals surface area contributed by atoms with E-state index in [-0.39, 0.29) is 12.4 Å².